The van der Waals surface area contributed by atoms with Crippen LogP contribution in [0.3, 0.4) is 0 Å². The SMILES string of the molecule is Nc1cnc(NC(=O)COCC(F)(F)F)c(Br)c1. The Hall–Kier alpha value is -1.35. The van der Waals surface area contributed by atoms with Gasteiger partial charge < -0.3 is 15.8 Å². The zero-order valence-electron chi connectivity index (χ0n) is 8.92. The lowest BCUT2D eigenvalue weighted by molar-refractivity contribution is -0.174. The van der Waals surface area contributed by atoms with Crippen molar-refractivity contribution in [2.75, 3.05) is 24.3 Å². The Kier molecular flexibility index (Phi) is 4.91. The van der Waals surface area contributed by atoms with Gasteiger partial charge in [0.2, 0.25) is 0 Å². The molecular weight excluding hydrogens is 319 g/mol. The minimum absolute atomic E-state index is 0.157. The molecule has 18 heavy (non-hydrogen) atoms. The topological polar surface area (TPSA) is 77.2 Å². The number of hydrogen-bond donors (Lipinski definition) is 2. The average molecular weight is 328 g/mol. The van der Waals surface area contributed by atoms with Gasteiger partial charge >= 0.3 is 6.18 Å². The Bertz CT molecular complexity index is 440. The van der Waals surface area contributed by atoms with Crippen LogP contribution in [0.4, 0.5) is 24.7 Å². The van der Waals surface area contributed by atoms with E-state index < -0.39 is 25.3 Å². The Morgan fingerprint density at radius 1 is 1.56 bits per heavy atom. The normalized spacial score (nSPS) is 11.3. The van der Waals surface area contributed by atoms with Crippen molar-refractivity contribution in [1.82, 2.24) is 4.98 Å². The number of nitrogens with zero attached hydrogens (tertiary/aromatic N) is 1. The number of nitrogen functional groups attached to an aromatic ring is 1. The average Bonchev–Trinajstić information content (AvgIpc) is 2.20. The van der Waals surface area contributed by atoms with E-state index in [4.69, 9.17) is 5.73 Å². The number of aromatic nitrogens is 1. The van der Waals surface area contributed by atoms with Gasteiger partial charge in [0, 0.05) is 0 Å². The summed E-state index contributed by atoms with van der Waals surface area (Å²) in [6.45, 7) is -2.19. The van der Waals surface area contributed by atoms with Crippen molar-refractivity contribution in [2.45, 2.75) is 6.18 Å². The predicted molar refractivity (Wildman–Crippen MR) is 61.9 cm³/mol. The number of ether oxygens (including phenoxy) is 1. The van der Waals surface area contributed by atoms with Gasteiger partial charge in [0.05, 0.1) is 16.4 Å². The van der Waals surface area contributed by atoms with Crippen molar-refractivity contribution < 1.29 is 22.7 Å². The van der Waals surface area contributed by atoms with Crippen LogP contribution in [0.2, 0.25) is 0 Å². The molecule has 1 aromatic heterocycles. The smallest absolute Gasteiger partial charge is 0.397 e. The first-order valence-corrected chi connectivity index (χ1v) is 5.42. The third-order valence-electron chi connectivity index (χ3n) is 1.62. The summed E-state index contributed by atoms with van der Waals surface area (Å²) in [6.07, 6.45) is -3.16. The molecule has 9 heteroatoms. The van der Waals surface area contributed by atoms with Gasteiger partial charge in [-0.2, -0.15) is 13.2 Å². The van der Waals surface area contributed by atoms with Crippen LogP contribution in [-0.4, -0.2) is 30.3 Å². The maximum atomic E-state index is 11.8. The van der Waals surface area contributed by atoms with Crippen LogP contribution in [0, 0.1) is 0 Å². The third-order valence-corrected chi connectivity index (χ3v) is 2.22. The number of nitrogens with two attached hydrogens (primary N) is 1. The molecular formula is C9H9BrF3N3O2. The lowest BCUT2D eigenvalue weighted by atomic mass is 10.4. The van der Waals surface area contributed by atoms with Crippen molar-refractivity contribution in [1.29, 1.82) is 0 Å². The van der Waals surface area contributed by atoms with Crippen molar-refractivity contribution in [3.8, 4) is 0 Å². The highest BCUT2D eigenvalue weighted by Gasteiger charge is 2.27. The molecule has 0 spiro atoms. The lowest BCUT2D eigenvalue weighted by Crippen LogP contribution is -2.24. The van der Waals surface area contributed by atoms with Crippen molar-refractivity contribution in [3.05, 3.63) is 16.7 Å². The van der Waals surface area contributed by atoms with Gasteiger partial charge in [-0.1, -0.05) is 0 Å². The molecule has 0 unspecified atom stereocenters. The lowest BCUT2D eigenvalue weighted by Gasteiger charge is -2.09. The largest absolute Gasteiger partial charge is 0.411 e. The first-order valence-electron chi connectivity index (χ1n) is 4.63. The van der Waals surface area contributed by atoms with E-state index in [1.165, 1.54) is 12.3 Å². The van der Waals surface area contributed by atoms with Gasteiger partial charge in [-0.25, -0.2) is 4.98 Å². The fourth-order valence-electron chi connectivity index (χ4n) is 0.972. The van der Waals surface area contributed by atoms with Crippen molar-refractivity contribution >= 4 is 33.3 Å². The van der Waals surface area contributed by atoms with E-state index in [-0.39, 0.29) is 5.82 Å². The van der Waals surface area contributed by atoms with Gasteiger partial charge in [0.1, 0.15) is 19.0 Å². The fraction of sp³-hybridized carbons (Fsp3) is 0.333. The number of anilines is 2. The highest BCUT2D eigenvalue weighted by atomic mass is 79.9. The Morgan fingerprint density at radius 3 is 2.78 bits per heavy atom. The van der Waals surface area contributed by atoms with Crippen LogP contribution in [0.15, 0.2) is 16.7 Å². The number of carbonyl (C=O) groups is 1. The standard InChI is InChI=1S/C9H9BrF3N3O2/c10-6-1-5(14)2-15-8(6)16-7(17)3-18-4-9(11,12)13/h1-2H,3-4,14H2,(H,15,16,17). The summed E-state index contributed by atoms with van der Waals surface area (Å²) < 4.78 is 39.9. The molecule has 0 aliphatic heterocycles. The summed E-state index contributed by atoms with van der Waals surface area (Å²) in [5.74, 6) is -0.581. The number of alkyl halides is 3. The maximum absolute atomic E-state index is 11.8. The number of hydrogen-bond acceptors (Lipinski definition) is 4. The zero-order chi connectivity index (χ0) is 13.8. The number of rotatable bonds is 4. The molecule has 0 aliphatic carbocycles. The van der Waals surface area contributed by atoms with E-state index in [0.717, 1.165) is 0 Å². The second-order valence-corrected chi connectivity index (χ2v) is 4.11. The number of halogens is 4. The van der Waals surface area contributed by atoms with E-state index >= 15 is 0 Å². The van der Waals surface area contributed by atoms with Crippen LogP contribution >= 0.6 is 15.9 Å². The van der Waals surface area contributed by atoms with E-state index in [0.29, 0.717) is 10.2 Å². The number of carbonyl (C=O) groups excluding carboxylic acids is 1. The molecule has 0 saturated heterocycles. The molecule has 0 saturated carbocycles. The fourth-order valence-corrected chi connectivity index (χ4v) is 1.44. The molecule has 1 amide bonds. The number of amides is 1. The van der Waals surface area contributed by atoms with Crippen LogP contribution in [0.25, 0.3) is 0 Å². The summed E-state index contributed by atoms with van der Waals surface area (Å²) in [6, 6.07) is 1.50. The Labute approximate surface area is 109 Å². The van der Waals surface area contributed by atoms with Crippen LogP contribution in [-0.2, 0) is 9.53 Å². The summed E-state index contributed by atoms with van der Waals surface area (Å²) in [5.41, 5.74) is 5.81. The second-order valence-electron chi connectivity index (χ2n) is 3.26. The predicted octanol–water partition coefficient (Wildman–Crippen LogP) is 1.94. The Balaban J connectivity index is 2.45. The molecule has 100 valence electrons. The molecule has 0 aromatic carbocycles. The van der Waals surface area contributed by atoms with E-state index in [1.54, 1.807) is 0 Å². The quantitative estimate of drug-likeness (QED) is 0.886. The van der Waals surface area contributed by atoms with Gasteiger partial charge in [0.25, 0.3) is 5.91 Å². The molecule has 0 bridgehead atoms. The molecule has 0 aliphatic rings. The van der Waals surface area contributed by atoms with Gasteiger partial charge in [0.15, 0.2) is 0 Å². The minimum Gasteiger partial charge on any atom is -0.397 e. The van der Waals surface area contributed by atoms with Crippen LogP contribution < -0.4 is 11.1 Å². The van der Waals surface area contributed by atoms with Crippen molar-refractivity contribution in [3.63, 3.8) is 0 Å². The van der Waals surface area contributed by atoms with Gasteiger partial charge in [-0.15, -0.1) is 0 Å². The monoisotopic (exact) mass is 327 g/mol. The number of nitrogens with one attached hydrogen (secondary N) is 1. The maximum Gasteiger partial charge on any atom is 0.411 e. The van der Waals surface area contributed by atoms with E-state index in [9.17, 15) is 18.0 Å². The highest BCUT2D eigenvalue weighted by Crippen LogP contribution is 2.21. The highest BCUT2D eigenvalue weighted by molar-refractivity contribution is 9.10. The number of pyridine rings is 1. The minimum atomic E-state index is -4.46. The van der Waals surface area contributed by atoms with Gasteiger partial charge in [-0.05, 0) is 22.0 Å². The summed E-state index contributed by atoms with van der Waals surface area (Å²) >= 11 is 3.10. The molecule has 3 N–H and O–H groups in total. The van der Waals surface area contributed by atoms with Crippen molar-refractivity contribution in [2.24, 2.45) is 0 Å². The third kappa shape index (κ3) is 5.32. The summed E-state index contributed by atoms with van der Waals surface area (Å²) in [4.78, 5) is 15.0. The first kappa shape index (κ1) is 14.7. The zero-order valence-corrected chi connectivity index (χ0v) is 10.5. The molecule has 1 rings (SSSR count). The van der Waals surface area contributed by atoms with Crippen LogP contribution in [0.5, 0.6) is 0 Å². The molecule has 1 heterocycles. The summed E-state index contributed by atoms with van der Waals surface area (Å²) in [5, 5.41) is 2.28. The molecule has 0 radical (unpaired) electrons. The van der Waals surface area contributed by atoms with Crippen LogP contribution in [0.1, 0.15) is 0 Å². The molecule has 0 atom stereocenters. The first-order chi connectivity index (χ1) is 8.28. The molecule has 5 nitrogen and oxygen atoms in total. The second kappa shape index (κ2) is 6.01. The van der Waals surface area contributed by atoms with E-state index in [1.807, 2.05) is 0 Å². The molecule has 1 aromatic rings. The Morgan fingerprint density at radius 2 is 2.22 bits per heavy atom. The molecule has 0 fully saturated rings. The van der Waals surface area contributed by atoms with Gasteiger partial charge in [-0.3, -0.25) is 4.79 Å². The van der Waals surface area contributed by atoms with E-state index in [2.05, 4.69) is 31.0 Å². The summed E-state index contributed by atoms with van der Waals surface area (Å²) in [7, 11) is 0.